The van der Waals surface area contributed by atoms with Gasteiger partial charge in [0.25, 0.3) is 5.69 Å². The van der Waals surface area contributed by atoms with Crippen molar-refractivity contribution in [3.8, 4) is 11.8 Å². The molecule has 0 aliphatic carbocycles. The van der Waals surface area contributed by atoms with Crippen LogP contribution in [-0.2, 0) is 9.47 Å². The van der Waals surface area contributed by atoms with Crippen molar-refractivity contribution in [3.63, 3.8) is 0 Å². The van der Waals surface area contributed by atoms with Gasteiger partial charge < -0.3 is 9.47 Å². The monoisotopic (exact) mass is 336 g/mol. The lowest BCUT2D eigenvalue weighted by atomic mass is 10.2. The maximum atomic E-state index is 10.9. The van der Waals surface area contributed by atoms with E-state index in [1.165, 1.54) is 12.3 Å². The number of hydrogen-bond acceptors (Lipinski definition) is 8. The van der Waals surface area contributed by atoms with Gasteiger partial charge in [-0.15, -0.1) is 0 Å². The van der Waals surface area contributed by atoms with E-state index in [0.717, 1.165) is 12.1 Å². The minimum Gasteiger partial charge on any atom is -0.342 e. The molecule has 0 fully saturated rings. The van der Waals surface area contributed by atoms with Crippen molar-refractivity contribution in [2.45, 2.75) is 20.1 Å². The van der Waals surface area contributed by atoms with E-state index in [1.807, 2.05) is 0 Å². The molecule has 24 heavy (non-hydrogen) atoms. The van der Waals surface area contributed by atoms with Crippen LogP contribution < -0.4 is 5.43 Å². The first kappa shape index (κ1) is 19.0. The largest absolute Gasteiger partial charge is 0.342 e. The van der Waals surface area contributed by atoms with Crippen molar-refractivity contribution in [2.24, 2.45) is 5.10 Å². The van der Waals surface area contributed by atoms with Crippen molar-refractivity contribution >= 4 is 23.3 Å². The highest BCUT2D eigenvalue weighted by Crippen LogP contribution is 2.28. The van der Waals surface area contributed by atoms with Gasteiger partial charge in [0, 0.05) is 19.3 Å². The number of non-ortho nitro benzene ring substituents is 1. The molecular formula is C14H16N4O6. The fourth-order valence-electron chi connectivity index (χ4n) is 1.55. The Bertz CT molecular complexity index is 674. The Morgan fingerprint density at radius 1 is 1.25 bits per heavy atom. The van der Waals surface area contributed by atoms with Crippen molar-refractivity contribution in [1.29, 1.82) is 0 Å². The van der Waals surface area contributed by atoms with Crippen LogP contribution in [0.3, 0.4) is 0 Å². The van der Waals surface area contributed by atoms with Crippen LogP contribution in [0.2, 0.25) is 0 Å². The van der Waals surface area contributed by atoms with Crippen molar-refractivity contribution in [3.05, 3.63) is 38.4 Å². The first-order chi connectivity index (χ1) is 11.5. The van der Waals surface area contributed by atoms with Gasteiger partial charge in [-0.1, -0.05) is 0 Å². The molecule has 0 aliphatic rings. The first-order valence-corrected chi connectivity index (χ1v) is 6.94. The second-order valence-electron chi connectivity index (χ2n) is 4.12. The number of hydrogen-bond donors (Lipinski definition) is 1. The SMILES string of the molecule is CCOC(C#C/C=N/Nc1ccc([N+](=O)[O-])cc1[N+](=O)[O-])OCC. The minimum absolute atomic E-state index is 0.00909. The van der Waals surface area contributed by atoms with Crippen molar-refractivity contribution in [2.75, 3.05) is 18.6 Å². The average molecular weight is 336 g/mol. The number of anilines is 1. The quantitative estimate of drug-likeness (QED) is 0.253. The molecule has 1 N–H and O–H groups in total. The molecule has 0 atom stereocenters. The van der Waals surface area contributed by atoms with Crippen LogP contribution in [0.1, 0.15) is 13.8 Å². The van der Waals surface area contributed by atoms with Crippen LogP contribution in [0.15, 0.2) is 23.3 Å². The number of nitro benzene ring substituents is 2. The van der Waals surface area contributed by atoms with E-state index in [4.69, 9.17) is 9.47 Å². The van der Waals surface area contributed by atoms with Crippen LogP contribution in [0.25, 0.3) is 0 Å². The zero-order valence-corrected chi connectivity index (χ0v) is 13.1. The summed E-state index contributed by atoms with van der Waals surface area (Å²) in [6.07, 6.45) is 0.496. The summed E-state index contributed by atoms with van der Waals surface area (Å²) < 4.78 is 10.4. The highest BCUT2D eigenvalue weighted by molar-refractivity contribution is 5.79. The van der Waals surface area contributed by atoms with Crippen molar-refractivity contribution < 1.29 is 19.3 Å². The third-order valence-corrected chi connectivity index (χ3v) is 2.54. The van der Waals surface area contributed by atoms with Crippen LogP contribution in [0, 0.1) is 32.1 Å². The molecule has 0 saturated carbocycles. The number of nitrogens with zero attached hydrogens (tertiary/aromatic N) is 3. The smallest absolute Gasteiger partial charge is 0.301 e. The molecular weight excluding hydrogens is 320 g/mol. The number of nitro groups is 2. The molecule has 128 valence electrons. The van der Waals surface area contributed by atoms with E-state index in [0.29, 0.717) is 13.2 Å². The van der Waals surface area contributed by atoms with Gasteiger partial charge in [0.05, 0.1) is 22.1 Å². The highest BCUT2D eigenvalue weighted by Gasteiger charge is 2.18. The van der Waals surface area contributed by atoms with E-state index in [2.05, 4.69) is 22.4 Å². The van der Waals surface area contributed by atoms with Crippen LogP contribution in [-0.4, -0.2) is 35.6 Å². The average Bonchev–Trinajstić information content (AvgIpc) is 2.54. The summed E-state index contributed by atoms with van der Waals surface area (Å²) >= 11 is 0. The van der Waals surface area contributed by atoms with Gasteiger partial charge in [-0.2, -0.15) is 5.10 Å². The summed E-state index contributed by atoms with van der Waals surface area (Å²) in [6, 6.07) is 3.19. The summed E-state index contributed by atoms with van der Waals surface area (Å²) in [6.45, 7) is 4.47. The molecule has 1 aromatic rings. The summed E-state index contributed by atoms with van der Waals surface area (Å²) in [5.74, 6) is 5.23. The third-order valence-electron chi connectivity index (χ3n) is 2.54. The second-order valence-corrected chi connectivity index (χ2v) is 4.12. The molecule has 0 aliphatic heterocycles. The van der Waals surface area contributed by atoms with E-state index >= 15 is 0 Å². The molecule has 1 aromatic carbocycles. The maximum absolute atomic E-state index is 10.9. The zero-order chi connectivity index (χ0) is 17.9. The Hall–Kier alpha value is -3.03. The Kier molecular flexibility index (Phi) is 7.83. The Balaban J connectivity index is 2.80. The standard InChI is InChI=1S/C14H16N4O6/c1-3-23-14(24-4-2)6-5-9-15-16-12-8-7-11(17(19)20)10-13(12)18(21)22/h7-10,14,16H,3-4H2,1-2H3/b15-9+. The molecule has 0 amide bonds. The van der Waals surface area contributed by atoms with Gasteiger partial charge in [0.2, 0.25) is 6.29 Å². The van der Waals surface area contributed by atoms with E-state index < -0.39 is 21.8 Å². The fourth-order valence-corrected chi connectivity index (χ4v) is 1.55. The number of ether oxygens (including phenoxy) is 2. The van der Waals surface area contributed by atoms with Gasteiger partial charge in [0.1, 0.15) is 5.69 Å². The number of rotatable bonds is 8. The zero-order valence-electron chi connectivity index (χ0n) is 13.1. The summed E-state index contributed by atoms with van der Waals surface area (Å²) in [5.41, 5.74) is 1.58. The van der Waals surface area contributed by atoms with Gasteiger partial charge in [-0.05, 0) is 31.8 Å². The van der Waals surface area contributed by atoms with Gasteiger partial charge >= 0.3 is 5.69 Å². The van der Waals surface area contributed by atoms with Gasteiger partial charge in [-0.3, -0.25) is 25.7 Å². The van der Waals surface area contributed by atoms with Crippen LogP contribution in [0.5, 0.6) is 0 Å². The molecule has 0 saturated heterocycles. The molecule has 0 unspecified atom stereocenters. The van der Waals surface area contributed by atoms with E-state index in [-0.39, 0.29) is 11.4 Å². The summed E-state index contributed by atoms with van der Waals surface area (Å²) in [4.78, 5) is 20.1. The van der Waals surface area contributed by atoms with Gasteiger partial charge in [-0.25, -0.2) is 0 Å². The number of nitrogens with one attached hydrogen (secondary N) is 1. The predicted octanol–water partition coefficient (Wildman–Crippen LogP) is 2.30. The third kappa shape index (κ3) is 5.99. The number of hydrazone groups is 1. The normalized spacial score (nSPS) is 10.5. The first-order valence-electron chi connectivity index (χ1n) is 6.94. The topological polar surface area (TPSA) is 129 Å². The van der Waals surface area contributed by atoms with Crippen LogP contribution in [0.4, 0.5) is 17.1 Å². The van der Waals surface area contributed by atoms with Crippen LogP contribution >= 0.6 is 0 Å². The molecule has 0 radical (unpaired) electrons. The highest BCUT2D eigenvalue weighted by atomic mass is 16.7. The Labute approximate surface area is 137 Å². The lowest BCUT2D eigenvalue weighted by molar-refractivity contribution is -0.393. The molecule has 1 rings (SSSR count). The Morgan fingerprint density at radius 2 is 1.92 bits per heavy atom. The molecule has 10 nitrogen and oxygen atoms in total. The molecule has 0 spiro atoms. The molecule has 0 aromatic heterocycles. The fraction of sp³-hybridized carbons (Fsp3) is 0.357. The molecule has 10 heteroatoms. The Morgan fingerprint density at radius 3 is 2.46 bits per heavy atom. The van der Waals surface area contributed by atoms with Gasteiger partial charge in [0.15, 0.2) is 0 Å². The lowest BCUT2D eigenvalue weighted by Gasteiger charge is -2.09. The maximum Gasteiger partial charge on any atom is 0.301 e. The summed E-state index contributed by atoms with van der Waals surface area (Å²) in [7, 11) is 0. The number of benzene rings is 1. The van der Waals surface area contributed by atoms with Crippen molar-refractivity contribution in [1.82, 2.24) is 0 Å². The molecule has 0 bridgehead atoms. The second kappa shape index (κ2) is 9.88. The lowest BCUT2D eigenvalue weighted by Crippen LogP contribution is -2.14. The predicted molar refractivity (Wildman–Crippen MR) is 86.7 cm³/mol. The minimum atomic E-state index is -0.739. The van der Waals surface area contributed by atoms with E-state index in [9.17, 15) is 20.2 Å². The van der Waals surface area contributed by atoms with E-state index in [1.54, 1.807) is 13.8 Å². The molecule has 0 heterocycles. The summed E-state index contributed by atoms with van der Waals surface area (Å²) in [5, 5.41) is 25.3.